The van der Waals surface area contributed by atoms with Gasteiger partial charge in [0.1, 0.15) is 5.52 Å². The maximum absolute atomic E-state index is 12.7. The van der Waals surface area contributed by atoms with Crippen LogP contribution in [0.4, 0.5) is 0 Å². The molecule has 1 amide bonds. The molecule has 4 aromatic rings. The van der Waals surface area contributed by atoms with Gasteiger partial charge < -0.3 is 10.7 Å². The summed E-state index contributed by atoms with van der Waals surface area (Å²) in [6, 6.07) is 11.2. The number of nitrogens with two attached hydrogens (primary N) is 1. The fourth-order valence-electron chi connectivity index (χ4n) is 3.14. The van der Waals surface area contributed by atoms with E-state index in [9.17, 15) is 9.59 Å². The third kappa shape index (κ3) is 3.29. The number of aromatic amines is 1. The molecule has 0 spiro atoms. The van der Waals surface area contributed by atoms with Gasteiger partial charge >= 0.3 is 5.69 Å². The lowest BCUT2D eigenvalue weighted by Gasteiger charge is -2.19. The number of nitrogens with zero attached hydrogens (tertiary/aromatic N) is 4. The maximum atomic E-state index is 12.7. The van der Waals surface area contributed by atoms with Gasteiger partial charge in [0.05, 0.1) is 5.69 Å². The van der Waals surface area contributed by atoms with Gasteiger partial charge in [-0.2, -0.15) is 0 Å². The fourth-order valence-corrected chi connectivity index (χ4v) is 3.14. The second-order valence-electron chi connectivity index (χ2n) is 7.76. The molecule has 0 aliphatic rings. The van der Waals surface area contributed by atoms with E-state index in [4.69, 9.17) is 5.73 Å². The van der Waals surface area contributed by atoms with Gasteiger partial charge in [-0.15, -0.1) is 0 Å². The van der Waals surface area contributed by atoms with Crippen LogP contribution in [-0.2, 0) is 5.41 Å². The summed E-state index contributed by atoms with van der Waals surface area (Å²) in [6.07, 6.45) is 3.21. The largest absolute Gasteiger partial charge is 0.364 e. The molecule has 0 radical (unpaired) electrons. The summed E-state index contributed by atoms with van der Waals surface area (Å²) in [5.41, 5.74) is 7.88. The number of nitrogens with one attached hydrogen (secondary N) is 1. The van der Waals surface area contributed by atoms with Crippen molar-refractivity contribution in [3.05, 3.63) is 70.5 Å². The van der Waals surface area contributed by atoms with Crippen molar-refractivity contribution in [1.82, 2.24) is 24.5 Å². The van der Waals surface area contributed by atoms with Crippen LogP contribution >= 0.6 is 0 Å². The molecule has 4 rings (SSSR count). The smallest absolute Gasteiger partial charge is 0.332 e. The van der Waals surface area contributed by atoms with E-state index >= 15 is 0 Å². The van der Waals surface area contributed by atoms with Crippen LogP contribution in [-0.4, -0.2) is 30.4 Å². The van der Waals surface area contributed by atoms with Gasteiger partial charge in [0.2, 0.25) is 0 Å². The molecular formula is C21H20N6O2. The van der Waals surface area contributed by atoms with Gasteiger partial charge in [0, 0.05) is 18.0 Å². The van der Waals surface area contributed by atoms with Crippen molar-refractivity contribution in [2.24, 2.45) is 5.73 Å². The number of hydrogen-bond acceptors (Lipinski definition) is 5. The zero-order valence-corrected chi connectivity index (χ0v) is 16.3. The molecule has 146 valence electrons. The van der Waals surface area contributed by atoms with Crippen LogP contribution in [0.1, 0.15) is 36.8 Å². The average Bonchev–Trinajstić information content (AvgIpc) is 3.02. The normalized spacial score (nSPS) is 11.7. The molecule has 3 N–H and O–H groups in total. The van der Waals surface area contributed by atoms with E-state index < -0.39 is 11.6 Å². The van der Waals surface area contributed by atoms with Crippen LogP contribution in [0.5, 0.6) is 0 Å². The van der Waals surface area contributed by atoms with E-state index in [2.05, 4.69) is 40.7 Å². The fraction of sp³-hybridized carbons (Fsp3) is 0.190. The second-order valence-corrected chi connectivity index (χ2v) is 7.76. The van der Waals surface area contributed by atoms with Gasteiger partial charge in [-0.3, -0.25) is 9.78 Å². The van der Waals surface area contributed by atoms with E-state index in [1.165, 1.54) is 4.57 Å². The van der Waals surface area contributed by atoms with Gasteiger partial charge in [0.15, 0.2) is 17.2 Å². The van der Waals surface area contributed by atoms with E-state index in [0.717, 1.165) is 5.56 Å². The highest BCUT2D eigenvalue weighted by molar-refractivity contribution is 6.02. The predicted octanol–water partition coefficient (Wildman–Crippen LogP) is 2.57. The molecule has 0 bridgehead atoms. The number of pyridine rings is 1. The van der Waals surface area contributed by atoms with Crippen molar-refractivity contribution in [3.63, 3.8) is 0 Å². The molecule has 8 heteroatoms. The van der Waals surface area contributed by atoms with E-state index in [1.54, 1.807) is 24.5 Å². The number of benzene rings is 1. The number of fused-ring (bicyclic) bond motifs is 1. The molecule has 3 aromatic heterocycles. The van der Waals surface area contributed by atoms with Gasteiger partial charge in [-0.25, -0.2) is 19.3 Å². The standard InChI is InChI=1S/C21H20N6O2/c1-21(2,3)13-6-8-14(9-7-13)27-19-16(25-20(27)29)15(17(22)28)24-18(26-19)12-5-4-10-23-11-12/h4-11H,1-3H3,(H2,22,28)(H,25,29). The minimum Gasteiger partial charge on any atom is -0.364 e. The first kappa shape index (κ1) is 18.5. The zero-order chi connectivity index (χ0) is 20.8. The Bertz CT molecular complexity index is 1270. The second kappa shape index (κ2) is 6.66. The number of primary amides is 1. The van der Waals surface area contributed by atoms with Crippen LogP contribution < -0.4 is 11.4 Å². The molecule has 29 heavy (non-hydrogen) atoms. The van der Waals surface area contributed by atoms with Gasteiger partial charge in [0.25, 0.3) is 5.91 Å². The molecular weight excluding hydrogens is 368 g/mol. The number of rotatable bonds is 3. The van der Waals surface area contributed by atoms with Crippen molar-refractivity contribution in [2.75, 3.05) is 0 Å². The Labute approximate surface area is 166 Å². The third-order valence-electron chi connectivity index (χ3n) is 4.68. The lowest BCUT2D eigenvalue weighted by atomic mass is 9.87. The summed E-state index contributed by atoms with van der Waals surface area (Å²) in [6.45, 7) is 6.35. The lowest BCUT2D eigenvalue weighted by Crippen LogP contribution is -2.16. The summed E-state index contributed by atoms with van der Waals surface area (Å²) in [5.74, 6) is -0.488. The highest BCUT2D eigenvalue weighted by Crippen LogP contribution is 2.25. The molecule has 0 saturated carbocycles. The summed E-state index contributed by atoms with van der Waals surface area (Å²) in [4.78, 5) is 40.2. The number of hydrogen-bond donors (Lipinski definition) is 2. The summed E-state index contributed by atoms with van der Waals surface area (Å²) in [5, 5.41) is 0. The van der Waals surface area contributed by atoms with Crippen LogP contribution in [0, 0.1) is 0 Å². The zero-order valence-electron chi connectivity index (χ0n) is 16.3. The van der Waals surface area contributed by atoms with Gasteiger partial charge in [-0.05, 0) is 35.2 Å². The summed E-state index contributed by atoms with van der Waals surface area (Å²) < 4.78 is 1.41. The van der Waals surface area contributed by atoms with Crippen LogP contribution in [0.2, 0.25) is 0 Å². The van der Waals surface area contributed by atoms with Crippen LogP contribution in [0.25, 0.3) is 28.2 Å². The van der Waals surface area contributed by atoms with Crippen LogP contribution in [0.15, 0.2) is 53.6 Å². The molecule has 0 unspecified atom stereocenters. The van der Waals surface area contributed by atoms with Crippen LogP contribution in [0.3, 0.4) is 0 Å². The first-order valence-corrected chi connectivity index (χ1v) is 9.09. The first-order chi connectivity index (χ1) is 13.8. The Hall–Kier alpha value is -3.81. The third-order valence-corrected chi connectivity index (χ3v) is 4.68. The highest BCUT2D eigenvalue weighted by Gasteiger charge is 2.21. The number of carbonyl (C=O) groups is 1. The Balaban J connectivity index is 1.98. The van der Waals surface area contributed by atoms with Gasteiger partial charge in [-0.1, -0.05) is 32.9 Å². The Morgan fingerprint density at radius 2 is 1.83 bits per heavy atom. The Kier molecular flexibility index (Phi) is 4.26. The molecule has 0 fully saturated rings. The number of H-pyrrole nitrogens is 1. The van der Waals surface area contributed by atoms with E-state index in [0.29, 0.717) is 11.3 Å². The van der Waals surface area contributed by atoms with Crippen molar-refractivity contribution >= 4 is 17.1 Å². The quantitative estimate of drug-likeness (QED) is 0.559. The molecule has 0 aliphatic heterocycles. The van der Waals surface area contributed by atoms with E-state index in [1.807, 2.05) is 24.3 Å². The molecule has 0 atom stereocenters. The summed E-state index contributed by atoms with van der Waals surface area (Å²) >= 11 is 0. The molecule has 0 saturated heterocycles. The highest BCUT2D eigenvalue weighted by atomic mass is 16.2. The minimum absolute atomic E-state index is 0.0154. The molecule has 0 aliphatic carbocycles. The monoisotopic (exact) mass is 388 g/mol. The minimum atomic E-state index is -0.751. The molecule has 3 heterocycles. The number of amides is 1. The Morgan fingerprint density at radius 3 is 2.41 bits per heavy atom. The number of aromatic nitrogens is 5. The summed E-state index contributed by atoms with van der Waals surface area (Å²) in [7, 11) is 0. The van der Waals surface area contributed by atoms with Crippen molar-refractivity contribution < 1.29 is 4.79 Å². The molecule has 1 aromatic carbocycles. The number of carbonyl (C=O) groups excluding carboxylic acids is 1. The first-order valence-electron chi connectivity index (χ1n) is 9.09. The SMILES string of the molecule is CC(C)(C)c1ccc(-n2c(=O)[nH]c3c(C(N)=O)nc(-c4cccnc4)nc32)cc1. The topological polar surface area (TPSA) is 120 Å². The molecule has 8 nitrogen and oxygen atoms in total. The van der Waals surface area contributed by atoms with E-state index in [-0.39, 0.29) is 28.1 Å². The Morgan fingerprint density at radius 1 is 1.10 bits per heavy atom. The lowest BCUT2D eigenvalue weighted by molar-refractivity contribution is 0.0997. The number of imidazole rings is 1. The maximum Gasteiger partial charge on any atom is 0.332 e. The van der Waals surface area contributed by atoms with Crippen molar-refractivity contribution in [3.8, 4) is 17.1 Å². The van der Waals surface area contributed by atoms with Crippen molar-refractivity contribution in [1.29, 1.82) is 0 Å². The van der Waals surface area contributed by atoms with Crippen molar-refractivity contribution in [2.45, 2.75) is 26.2 Å². The predicted molar refractivity (Wildman–Crippen MR) is 110 cm³/mol. The average molecular weight is 388 g/mol.